The Kier molecular flexibility index (Phi) is 7.75. The Hall–Kier alpha value is -2.09. The summed E-state index contributed by atoms with van der Waals surface area (Å²) in [5, 5.41) is 4.72. The van der Waals surface area contributed by atoms with Gasteiger partial charge in [0.2, 0.25) is 0 Å². The zero-order chi connectivity index (χ0) is 20.2. The van der Waals surface area contributed by atoms with Crippen LogP contribution in [0.5, 0.6) is 0 Å². The molecule has 0 saturated carbocycles. The summed E-state index contributed by atoms with van der Waals surface area (Å²) in [5.41, 5.74) is 5.18. The van der Waals surface area contributed by atoms with Gasteiger partial charge in [-0.05, 0) is 63.1 Å². The third-order valence-electron chi connectivity index (χ3n) is 5.49. The molecule has 0 N–H and O–H groups in total. The lowest BCUT2D eigenvalue weighted by Gasteiger charge is -2.25. The van der Waals surface area contributed by atoms with Crippen LogP contribution in [-0.4, -0.2) is 38.9 Å². The lowest BCUT2D eigenvalue weighted by molar-refractivity contribution is 0.0673. The Labute approximate surface area is 187 Å². The van der Waals surface area contributed by atoms with Crippen LogP contribution in [0, 0.1) is 19.7 Å². The van der Waals surface area contributed by atoms with Gasteiger partial charge in [-0.25, -0.2) is 9.07 Å². The molecule has 0 spiro atoms. The van der Waals surface area contributed by atoms with Crippen LogP contribution < -0.4 is 0 Å². The van der Waals surface area contributed by atoms with E-state index in [1.54, 1.807) is 12.1 Å². The molecule has 5 nitrogen and oxygen atoms in total. The third-order valence-corrected chi connectivity index (χ3v) is 5.49. The number of nitrogens with zero attached hydrogens (tertiary/aromatic N) is 4. The smallest absolute Gasteiger partial charge is 0.123 e. The van der Waals surface area contributed by atoms with Crippen molar-refractivity contribution >= 4 is 17.0 Å². The molecule has 1 aromatic carbocycles. The van der Waals surface area contributed by atoms with E-state index in [-0.39, 0.29) is 28.9 Å². The Bertz CT molecular complexity index is 940. The Balaban J connectivity index is 0.00000256. The number of benzene rings is 1. The first-order valence-corrected chi connectivity index (χ1v) is 10.1. The molecule has 7 heteroatoms. The fraction of sp³-hybridized carbons (Fsp3) is 0.391. The number of halogens is 2. The molecule has 160 valence electrons. The summed E-state index contributed by atoms with van der Waals surface area (Å²) in [6.45, 7) is 7.37. The van der Waals surface area contributed by atoms with Gasteiger partial charge in [0.1, 0.15) is 5.82 Å². The summed E-state index contributed by atoms with van der Waals surface area (Å²) in [7, 11) is 0. The van der Waals surface area contributed by atoms with Crippen molar-refractivity contribution in [2.45, 2.75) is 45.9 Å². The fourth-order valence-corrected chi connectivity index (χ4v) is 3.94. The van der Waals surface area contributed by atoms with Crippen molar-refractivity contribution in [3.05, 3.63) is 77.1 Å². The number of pyridine rings is 1. The van der Waals surface area contributed by atoms with Crippen molar-refractivity contribution in [1.29, 1.82) is 0 Å². The minimum Gasteiger partial charge on any atom is -0.377 e. The summed E-state index contributed by atoms with van der Waals surface area (Å²) < 4.78 is 21.1. The number of hydrogen-bond donors (Lipinski definition) is 0. The van der Waals surface area contributed by atoms with Crippen LogP contribution in [0.25, 0.3) is 5.69 Å². The lowest BCUT2D eigenvalue weighted by atomic mass is 10.1. The molecule has 3 heterocycles. The summed E-state index contributed by atoms with van der Waals surface area (Å²) in [5.74, 6) is -0.242. The summed E-state index contributed by atoms with van der Waals surface area (Å²) in [6.07, 6.45) is 4.34. The van der Waals surface area contributed by atoms with Crippen LogP contribution in [0.1, 0.15) is 35.5 Å². The monoisotopic (exact) mass is 474 g/mol. The number of aryl methyl sites for hydroxylation is 1. The molecule has 1 fully saturated rings. The van der Waals surface area contributed by atoms with Crippen molar-refractivity contribution in [1.82, 2.24) is 19.7 Å². The van der Waals surface area contributed by atoms with Crippen LogP contribution in [0.15, 0.2) is 48.7 Å². The van der Waals surface area contributed by atoms with Crippen LogP contribution in [0.2, 0.25) is 0 Å². The standard InChI is InChI=1S/C23H27FN4O.BrH/c1-17-23(18(2)28(26-17)21-10-8-19(24)9-11-21)16-27(15-22-7-5-13-29-22)14-20-6-3-4-12-25-20;/h3-4,6,8-12,22H,5,7,13-16H2,1-2H3;1H. The highest BCUT2D eigenvalue weighted by Gasteiger charge is 2.22. The van der Waals surface area contributed by atoms with Crippen LogP contribution >= 0.6 is 17.0 Å². The van der Waals surface area contributed by atoms with Crippen LogP contribution in [-0.2, 0) is 17.8 Å². The average Bonchev–Trinajstić information content (AvgIpc) is 3.33. The van der Waals surface area contributed by atoms with E-state index in [2.05, 4.69) is 22.9 Å². The van der Waals surface area contributed by atoms with Gasteiger partial charge in [0.25, 0.3) is 0 Å². The number of ether oxygens (including phenoxy) is 1. The first kappa shape index (κ1) is 22.6. The van der Waals surface area contributed by atoms with Gasteiger partial charge in [-0.1, -0.05) is 6.07 Å². The van der Waals surface area contributed by atoms with Gasteiger partial charge in [-0.3, -0.25) is 9.88 Å². The van der Waals surface area contributed by atoms with E-state index in [9.17, 15) is 4.39 Å². The van der Waals surface area contributed by atoms with E-state index < -0.39 is 0 Å². The summed E-state index contributed by atoms with van der Waals surface area (Å²) in [6, 6.07) is 12.5. The van der Waals surface area contributed by atoms with E-state index >= 15 is 0 Å². The molecule has 1 aliphatic heterocycles. The third kappa shape index (κ3) is 5.33. The normalized spacial score (nSPS) is 16.1. The molecule has 0 radical (unpaired) electrons. The van der Waals surface area contributed by atoms with E-state index in [1.807, 2.05) is 29.9 Å². The van der Waals surface area contributed by atoms with Crippen molar-refractivity contribution in [3.63, 3.8) is 0 Å². The van der Waals surface area contributed by atoms with Crippen molar-refractivity contribution in [2.24, 2.45) is 0 Å². The molecule has 3 aromatic rings. The van der Waals surface area contributed by atoms with Gasteiger partial charge in [0, 0.05) is 43.7 Å². The van der Waals surface area contributed by atoms with Gasteiger partial charge < -0.3 is 4.74 Å². The predicted molar refractivity (Wildman–Crippen MR) is 121 cm³/mol. The van der Waals surface area contributed by atoms with Crippen molar-refractivity contribution in [2.75, 3.05) is 13.2 Å². The molecule has 0 aliphatic carbocycles. The molecule has 1 unspecified atom stereocenters. The second kappa shape index (κ2) is 10.3. The average molecular weight is 475 g/mol. The maximum atomic E-state index is 13.3. The Morgan fingerprint density at radius 3 is 2.60 bits per heavy atom. The van der Waals surface area contributed by atoms with Gasteiger partial charge in [-0.2, -0.15) is 5.10 Å². The molecule has 0 bridgehead atoms. The maximum absolute atomic E-state index is 13.3. The topological polar surface area (TPSA) is 43.2 Å². The van der Waals surface area contributed by atoms with Gasteiger partial charge in [0.05, 0.1) is 23.2 Å². The number of rotatable bonds is 7. The van der Waals surface area contributed by atoms with E-state index in [0.717, 1.165) is 61.9 Å². The van der Waals surface area contributed by atoms with Gasteiger partial charge in [-0.15, -0.1) is 17.0 Å². The minimum absolute atomic E-state index is 0. The Morgan fingerprint density at radius 2 is 1.93 bits per heavy atom. The van der Waals surface area contributed by atoms with E-state index in [0.29, 0.717) is 0 Å². The molecule has 30 heavy (non-hydrogen) atoms. The van der Waals surface area contributed by atoms with E-state index in [1.165, 1.54) is 17.7 Å². The molecular formula is C23H28BrFN4O. The molecule has 1 saturated heterocycles. The highest BCUT2D eigenvalue weighted by Crippen LogP contribution is 2.22. The lowest BCUT2D eigenvalue weighted by Crippen LogP contribution is -2.32. The zero-order valence-electron chi connectivity index (χ0n) is 17.4. The molecular weight excluding hydrogens is 447 g/mol. The maximum Gasteiger partial charge on any atom is 0.123 e. The highest BCUT2D eigenvalue weighted by molar-refractivity contribution is 8.93. The first-order chi connectivity index (χ1) is 14.1. The minimum atomic E-state index is -0.242. The van der Waals surface area contributed by atoms with Gasteiger partial charge in [0.15, 0.2) is 0 Å². The number of hydrogen-bond acceptors (Lipinski definition) is 4. The quantitative estimate of drug-likeness (QED) is 0.493. The van der Waals surface area contributed by atoms with Gasteiger partial charge >= 0.3 is 0 Å². The van der Waals surface area contributed by atoms with Crippen molar-refractivity contribution in [3.8, 4) is 5.69 Å². The van der Waals surface area contributed by atoms with Crippen LogP contribution in [0.3, 0.4) is 0 Å². The number of aromatic nitrogens is 3. The molecule has 1 atom stereocenters. The highest BCUT2D eigenvalue weighted by atomic mass is 79.9. The van der Waals surface area contributed by atoms with Crippen LogP contribution in [0.4, 0.5) is 4.39 Å². The second-order valence-electron chi connectivity index (χ2n) is 7.66. The summed E-state index contributed by atoms with van der Waals surface area (Å²) in [4.78, 5) is 6.89. The first-order valence-electron chi connectivity index (χ1n) is 10.1. The van der Waals surface area contributed by atoms with E-state index in [4.69, 9.17) is 9.84 Å². The predicted octanol–water partition coefficient (Wildman–Crippen LogP) is 4.78. The molecule has 2 aromatic heterocycles. The van der Waals surface area contributed by atoms with Crippen molar-refractivity contribution < 1.29 is 9.13 Å². The molecule has 0 amide bonds. The molecule has 1 aliphatic rings. The SMILES string of the molecule is Br.Cc1nn(-c2ccc(F)cc2)c(C)c1CN(Cc1ccccn1)CC1CCCO1. The largest absolute Gasteiger partial charge is 0.377 e. The molecule has 4 rings (SSSR count). The fourth-order valence-electron chi connectivity index (χ4n) is 3.94. The second-order valence-corrected chi connectivity index (χ2v) is 7.66. The summed E-state index contributed by atoms with van der Waals surface area (Å²) >= 11 is 0. The Morgan fingerprint density at radius 1 is 1.13 bits per heavy atom. The zero-order valence-corrected chi connectivity index (χ0v) is 19.1.